The average molecular weight is 322 g/mol. The number of rotatable bonds is 5. The van der Waals surface area contributed by atoms with Gasteiger partial charge < -0.3 is 9.64 Å². The number of methoxy groups -OCH3 is 1. The standard InChI is InChI=1S/C17H26N2O2S/c1-21-12-11-19-16(20)5-7-17(19)6-3-9-18(10-8-17)14-15-4-2-13-22-15/h2,4,13H,3,5-12,14H2,1H3. The fraction of sp³-hybridized carbons (Fsp3) is 0.706. The number of hydrogen-bond acceptors (Lipinski definition) is 4. The minimum Gasteiger partial charge on any atom is -0.383 e. The Hall–Kier alpha value is -0.910. The highest BCUT2D eigenvalue weighted by Crippen LogP contribution is 2.39. The normalized spacial score (nSPS) is 26.8. The van der Waals surface area contributed by atoms with E-state index in [0.29, 0.717) is 18.9 Å². The zero-order chi connectivity index (χ0) is 15.4. The zero-order valence-corrected chi connectivity index (χ0v) is 14.2. The van der Waals surface area contributed by atoms with Crippen LogP contribution in [0.15, 0.2) is 17.5 Å². The van der Waals surface area contributed by atoms with Gasteiger partial charge in [-0.15, -0.1) is 11.3 Å². The van der Waals surface area contributed by atoms with E-state index >= 15 is 0 Å². The van der Waals surface area contributed by atoms with Crippen LogP contribution in [-0.4, -0.2) is 54.6 Å². The molecule has 1 amide bonds. The first-order chi connectivity index (χ1) is 10.7. The molecule has 122 valence electrons. The Morgan fingerprint density at radius 3 is 3.00 bits per heavy atom. The van der Waals surface area contributed by atoms with E-state index in [-0.39, 0.29) is 5.54 Å². The van der Waals surface area contributed by atoms with Gasteiger partial charge in [-0.3, -0.25) is 9.69 Å². The average Bonchev–Trinajstić information content (AvgIpc) is 3.06. The Kier molecular flexibility index (Phi) is 5.16. The summed E-state index contributed by atoms with van der Waals surface area (Å²) in [6, 6.07) is 4.34. The number of carbonyl (C=O) groups is 1. The lowest BCUT2D eigenvalue weighted by Crippen LogP contribution is -2.47. The van der Waals surface area contributed by atoms with Crippen LogP contribution in [0, 0.1) is 0 Å². The topological polar surface area (TPSA) is 32.8 Å². The summed E-state index contributed by atoms with van der Waals surface area (Å²) in [5.74, 6) is 0.323. The molecule has 1 aromatic rings. The van der Waals surface area contributed by atoms with Gasteiger partial charge in [0.05, 0.1) is 6.61 Å². The molecule has 0 saturated carbocycles. The molecule has 1 unspecified atom stereocenters. The van der Waals surface area contributed by atoms with Crippen LogP contribution in [0.3, 0.4) is 0 Å². The smallest absolute Gasteiger partial charge is 0.223 e. The van der Waals surface area contributed by atoms with Crippen molar-refractivity contribution in [3.05, 3.63) is 22.4 Å². The third-order valence-corrected chi connectivity index (χ3v) is 6.03. The molecule has 1 spiro atoms. The van der Waals surface area contributed by atoms with Crippen LogP contribution in [0.2, 0.25) is 0 Å². The van der Waals surface area contributed by atoms with Crippen molar-refractivity contribution in [1.29, 1.82) is 0 Å². The number of hydrogen-bond donors (Lipinski definition) is 0. The second kappa shape index (κ2) is 7.11. The first-order valence-corrected chi connectivity index (χ1v) is 9.16. The summed E-state index contributed by atoms with van der Waals surface area (Å²) in [6.45, 7) is 4.69. The van der Waals surface area contributed by atoms with Crippen LogP contribution < -0.4 is 0 Å². The van der Waals surface area contributed by atoms with E-state index in [0.717, 1.165) is 45.4 Å². The SMILES string of the molecule is COCCN1C(=O)CCC12CCCN(Cc1cccs1)CC2. The number of ether oxygens (including phenoxy) is 1. The van der Waals surface area contributed by atoms with Crippen molar-refractivity contribution in [3.63, 3.8) is 0 Å². The molecular formula is C17H26N2O2S. The second-order valence-electron chi connectivity index (χ2n) is 6.47. The molecule has 2 fully saturated rings. The van der Waals surface area contributed by atoms with Crippen molar-refractivity contribution in [1.82, 2.24) is 9.80 Å². The van der Waals surface area contributed by atoms with E-state index in [1.807, 2.05) is 11.3 Å². The number of nitrogens with zero attached hydrogens (tertiary/aromatic N) is 2. The van der Waals surface area contributed by atoms with Crippen LogP contribution in [-0.2, 0) is 16.1 Å². The monoisotopic (exact) mass is 322 g/mol. The maximum Gasteiger partial charge on any atom is 0.223 e. The highest BCUT2D eigenvalue weighted by atomic mass is 32.1. The van der Waals surface area contributed by atoms with Crippen molar-refractivity contribution >= 4 is 17.2 Å². The third-order valence-electron chi connectivity index (χ3n) is 5.17. The molecule has 3 rings (SSSR count). The maximum absolute atomic E-state index is 12.3. The summed E-state index contributed by atoms with van der Waals surface area (Å²) in [7, 11) is 1.71. The summed E-state index contributed by atoms with van der Waals surface area (Å²) < 4.78 is 5.21. The fourth-order valence-corrected chi connectivity index (χ4v) is 4.70. The molecular weight excluding hydrogens is 296 g/mol. The fourth-order valence-electron chi connectivity index (χ4n) is 3.95. The van der Waals surface area contributed by atoms with E-state index < -0.39 is 0 Å². The predicted molar refractivity (Wildman–Crippen MR) is 89.0 cm³/mol. The largest absolute Gasteiger partial charge is 0.383 e. The minimum atomic E-state index is 0.0970. The van der Waals surface area contributed by atoms with Gasteiger partial charge in [-0.2, -0.15) is 0 Å². The van der Waals surface area contributed by atoms with E-state index in [9.17, 15) is 4.79 Å². The highest BCUT2D eigenvalue weighted by Gasteiger charge is 2.45. The molecule has 2 saturated heterocycles. The molecule has 2 aliphatic heterocycles. The van der Waals surface area contributed by atoms with E-state index in [1.165, 1.54) is 11.3 Å². The molecule has 1 atom stereocenters. The Bertz CT molecular complexity index is 491. The first-order valence-electron chi connectivity index (χ1n) is 8.28. The molecule has 5 heteroatoms. The van der Waals surface area contributed by atoms with Crippen LogP contribution in [0.1, 0.15) is 37.0 Å². The highest BCUT2D eigenvalue weighted by molar-refractivity contribution is 7.09. The quantitative estimate of drug-likeness (QED) is 0.836. The van der Waals surface area contributed by atoms with Crippen molar-refractivity contribution in [3.8, 4) is 0 Å². The molecule has 22 heavy (non-hydrogen) atoms. The third kappa shape index (κ3) is 3.36. The Morgan fingerprint density at radius 1 is 1.32 bits per heavy atom. The van der Waals surface area contributed by atoms with Gasteiger partial charge in [-0.1, -0.05) is 6.07 Å². The van der Waals surface area contributed by atoms with Gasteiger partial charge in [0.15, 0.2) is 0 Å². The van der Waals surface area contributed by atoms with Gasteiger partial charge in [-0.25, -0.2) is 0 Å². The molecule has 2 aliphatic rings. The molecule has 0 aromatic carbocycles. The molecule has 0 aliphatic carbocycles. The lowest BCUT2D eigenvalue weighted by molar-refractivity contribution is -0.132. The lowest BCUT2D eigenvalue weighted by Gasteiger charge is -2.38. The Labute approximate surface area is 137 Å². The van der Waals surface area contributed by atoms with Gasteiger partial charge in [-0.05, 0) is 43.7 Å². The number of carbonyl (C=O) groups excluding carboxylic acids is 1. The van der Waals surface area contributed by atoms with Crippen molar-refractivity contribution in [2.24, 2.45) is 0 Å². The van der Waals surface area contributed by atoms with E-state index in [4.69, 9.17) is 4.74 Å². The predicted octanol–water partition coefficient (Wildman–Crippen LogP) is 2.74. The van der Waals surface area contributed by atoms with Gasteiger partial charge in [0, 0.05) is 43.6 Å². The van der Waals surface area contributed by atoms with Crippen molar-refractivity contribution < 1.29 is 9.53 Å². The molecule has 0 radical (unpaired) electrons. The van der Waals surface area contributed by atoms with Crippen LogP contribution >= 0.6 is 11.3 Å². The molecule has 4 nitrogen and oxygen atoms in total. The van der Waals surface area contributed by atoms with Crippen molar-refractivity contribution in [2.45, 2.75) is 44.2 Å². The minimum absolute atomic E-state index is 0.0970. The summed E-state index contributed by atoms with van der Waals surface area (Å²) in [6.07, 6.45) is 5.18. The van der Waals surface area contributed by atoms with Gasteiger partial charge in [0.25, 0.3) is 0 Å². The number of thiophene rings is 1. The van der Waals surface area contributed by atoms with Crippen LogP contribution in [0.5, 0.6) is 0 Å². The summed E-state index contributed by atoms with van der Waals surface area (Å²) >= 11 is 1.84. The summed E-state index contributed by atoms with van der Waals surface area (Å²) in [4.78, 5) is 18.4. The second-order valence-corrected chi connectivity index (χ2v) is 7.50. The number of amides is 1. The lowest BCUT2D eigenvalue weighted by atomic mass is 9.88. The Balaban J connectivity index is 1.64. The molecule has 3 heterocycles. The van der Waals surface area contributed by atoms with Gasteiger partial charge in [0.2, 0.25) is 5.91 Å². The van der Waals surface area contributed by atoms with E-state index in [1.54, 1.807) is 7.11 Å². The summed E-state index contributed by atoms with van der Waals surface area (Å²) in [5.41, 5.74) is 0.0970. The van der Waals surface area contributed by atoms with Crippen molar-refractivity contribution in [2.75, 3.05) is 33.4 Å². The maximum atomic E-state index is 12.3. The first kappa shape index (κ1) is 16.0. The van der Waals surface area contributed by atoms with E-state index in [2.05, 4.69) is 27.3 Å². The zero-order valence-electron chi connectivity index (χ0n) is 13.4. The molecule has 0 bridgehead atoms. The molecule has 1 aromatic heterocycles. The Morgan fingerprint density at radius 2 is 2.23 bits per heavy atom. The molecule has 0 N–H and O–H groups in total. The van der Waals surface area contributed by atoms with Crippen LogP contribution in [0.25, 0.3) is 0 Å². The number of likely N-dealkylation sites (tertiary alicyclic amines) is 2. The van der Waals surface area contributed by atoms with Gasteiger partial charge >= 0.3 is 0 Å². The van der Waals surface area contributed by atoms with Gasteiger partial charge in [0.1, 0.15) is 0 Å². The van der Waals surface area contributed by atoms with Crippen LogP contribution in [0.4, 0.5) is 0 Å². The summed E-state index contributed by atoms with van der Waals surface area (Å²) in [5, 5.41) is 2.15.